The van der Waals surface area contributed by atoms with E-state index in [4.69, 9.17) is 0 Å². The lowest BCUT2D eigenvalue weighted by molar-refractivity contribution is 0.280. The van der Waals surface area contributed by atoms with Gasteiger partial charge in [0.25, 0.3) is 0 Å². The first-order valence-electron chi connectivity index (χ1n) is 5.72. The third kappa shape index (κ3) is 2.07. The van der Waals surface area contributed by atoms with Gasteiger partial charge < -0.3 is 10.0 Å². The number of anilines is 1. The monoisotopic (exact) mass is 225 g/mol. The van der Waals surface area contributed by atoms with Crippen molar-refractivity contribution in [2.24, 2.45) is 7.05 Å². The number of hydrogen-bond acceptors (Lipinski definition) is 3. The van der Waals surface area contributed by atoms with Crippen LogP contribution in [0.4, 0.5) is 5.82 Å². The van der Waals surface area contributed by atoms with Crippen molar-refractivity contribution in [3.63, 3.8) is 0 Å². The highest BCUT2D eigenvalue weighted by molar-refractivity contribution is 5.51. The van der Waals surface area contributed by atoms with Crippen molar-refractivity contribution >= 4 is 5.82 Å². The summed E-state index contributed by atoms with van der Waals surface area (Å²) in [5.74, 6) is 1.01. The fourth-order valence-electron chi connectivity index (χ4n) is 1.82. The summed E-state index contributed by atoms with van der Waals surface area (Å²) in [4.78, 5) is 2.19. The van der Waals surface area contributed by atoms with E-state index in [1.807, 2.05) is 18.7 Å². The molecule has 1 rings (SSSR count). The van der Waals surface area contributed by atoms with Crippen LogP contribution >= 0.6 is 0 Å². The predicted octanol–water partition coefficient (Wildman–Crippen LogP) is 1.85. The first-order chi connectivity index (χ1) is 7.35. The Kier molecular flexibility index (Phi) is 3.63. The van der Waals surface area contributed by atoms with Crippen molar-refractivity contribution in [2.45, 2.75) is 46.3 Å². The molecule has 1 N–H and O–H groups in total. The Morgan fingerprint density at radius 1 is 1.44 bits per heavy atom. The minimum absolute atomic E-state index is 0.0408. The summed E-state index contributed by atoms with van der Waals surface area (Å²) in [6.45, 7) is 8.52. The molecular formula is C12H23N3O. The Hall–Kier alpha value is -1.03. The van der Waals surface area contributed by atoms with Crippen molar-refractivity contribution in [1.82, 2.24) is 9.78 Å². The average Bonchev–Trinajstić information content (AvgIpc) is 2.51. The van der Waals surface area contributed by atoms with Gasteiger partial charge in [0.05, 0.1) is 12.3 Å². The molecule has 0 spiro atoms. The summed E-state index contributed by atoms with van der Waals surface area (Å²) in [5.41, 5.74) is 1.88. The maximum absolute atomic E-state index is 9.42. The van der Waals surface area contributed by atoms with Crippen molar-refractivity contribution in [1.29, 1.82) is 0 Å². The average molecular weight is 225 g/mol. The molecule has 0 atom stereocenters. The van der Waals surface area contributed by atoms with E-state index in [9.17, 15) is 5.11 Å². The summed E-state index contributed by atoms with van der Waals surface area (Å²) in [7, 11) is 3.98. The molecule has 0 unspecified atom stereocenters. The first-order valence-corrected chi connectivity index (χ1v) is 5.72. The lowest BCUT2D eigenvalue weighted by Crippen LogP contribution is -2.42. The minimum Gasteiger partial charge on any atom is -0.391 e. The highest BCUT2D eigenvalue weighted by Gasteiger charge is 2.26. The quantitative estimate of drug-likeness (QED) is 0.850. The second kappa shape index (κ2) is 4.45. The van der Waals surface area contributed by atoms with Crippen LogP contribution in [0.3, 0.4) is 0 Å². The van der Waals surface area contributed by atoms with E-state index in [-0.39, 0.29) is 12.1 Å². The molecule has 0 saturated heterocycles. The van der Waals surface area contributed by atoms with Gasteiger partial charge in [-0.15, -0.1) is 0 Å². The van der Waals surface area contributed by atoms with Gasteiger partial charge in [-0.1, -0.05) is 6.92 Å². The van der Waals surface area contributed by atoms with Gasteiger partial charge in [-0.25, -0.2) is 0 Å². The van der Waals surface area contributed by atoms with E-state index in [0.29, 0.717) is 0 Å². The highest BCUT2D eigenvalue weighted by atomic mass is 16.3. The van der Waals surface area contributed by atoms with E-state index in [0.717, 1.165) is 23.5 Å². The van der Waals surface area contributed by atoms with Gasteiger partial charge in [-0.05, 0) is 27.2 Å². The number of hydrogen-bond donors (Lipinski definition) is 1. The van der Waals surface area contributed by atoms with Crippen molar-refractivity contribution in [3.8, 4) is 0 Å². The highest BCUT2D eigenvalue weighted by Crippen LogP contribution is 2.29. The lowest BCUT2D eigenvalue weighted by Gasteiger charge is -2.37. The van der Waals surface area contributed by atoms with Gasteiger partial charge in [-0.3, -0.25) is 4.68 Å². The molecule has 4 nitrogen and oxygen atoms in total. The molecule has 0 saturated carbocycles. The SMILES string of the molecule is CCC(C)(C)N(C)c1c(CO)c(C)nn1C. The Morgan fingerprint density at radius 3 is 2.44 bits per heavy atom. The zero-order valence-electron chi connectivity index (χ0n) is 11.2. The Labute approximate surface area is 97.9 Å². The molecule has 0 aliphatic carbocycles. The van der Waals surface area contributed by atoms with Crippen LogP contribution in [0, 0.1) is 6.92 Å². The smallest absolute Gasteiger partial charge is 0.132 e. The molecule has 0 aliphatic rings. The molecule has 0 aromatic carbocycles. The Balaban J connectivity index is 3.22. The van der Waals surface area contributed by atoms with Crippen LogP contribution in [0.15, 0.2) is 0 Å². The van der Waals surface area contributed by atoms with E-state index in [1.54, 1.807) is 0 Å². The second-order valence-electron chi connectivity index (χ2n) is 4.89. The summed E-state index contributed by atoms with van der Waals surface area (Å²) in [6, 6.07) is 0. The number of aromatic nitrogens is 2. The van der Waals surface area contributed by atoms with Gasteiger partial charge in [0.15, 0.2) is 0 Å². The van der Waals surface area contributed by atoms with Crippen molar-refractivity contribution in [2.75, 3.05) is 11.9 Å². The Bertz CT molecular complexity index is 369. The fraction of sp³-hybridized carbons (Fsp3) is 0.750. The van der Waals surface area contributed by atoms with Gasteiger partial charge in [0.2, 0.25) is 0 Å². The number of aryl methyl sites for hydroxylation is 2. The number of aliphatic hydroxyl groups is 1. The normalized spacial score (nSPS) is 11.9. The standard InChI is InChI=1S/C12H23N3O/c1-7-12(3,4)14(5)11-10(8-16)9(2)13-15(11)6/h16H,7-8H2,1-6H3. The van der Waals surface area contributed by atoms with Crippen LogP contribution in [-0.2, 0) is 13.7 Å². The molecular weight excluding hydrogens is 202 g/mol. The lowest BCUT2D eigenvalue weighted by atomic mass is 9.99. The third-order valence-corrected chi connectivity index (χ3v) is 3.56. The van der Waals surface area contributed by atoms with E-state index < -0.39 is 0 Å². The predicted molar refractivity (Wildman–Crippen MR) is 66.6 cm³/mol. The largest absolute Gasteiger partial charge is 0.391 e. The summed E-state index contributed by atoms with van der Waals surface area (Å²) >= 11 is 0. The maximum Gasteiger partial charge on any atom is 0.132 e. The van der Waals surface area contributed by atoms with E-state index in [2.05, 4.69) is 37.8 Å². The molecule has 0 radical (unpaired) electrons. The first kappa shape index (κ1) is 13.0. The van der Waals surface area contributed by atoms with Gasteiger partial charge >= 0.3 is 0 Å². The third-order valence-electron chi connectivity index (χ3n) is 3.56. The van der Waals surface area contributed by atoms with Crippen LogP contribution < -0.4 is 4.90 Å². The van der Waals surface area contributed by atoms with Crippen LogP contribution in [0.1, 0.15) is 38.4 Å². The van der Waals surface area contributed by atoms with E-state index >= 15 is 0 Å². The number of aliphatic hydroxyl groups excluding tert-OH is 1. The second-order valence-corrected chi connectivity index (χ2v) is 4.89. The molecule has 1 aromatic heterocycles. The maximum atomic E-state index is 9.42. The summed E-state index contributed by atoms with van der Waals surface area (Å²) in [5, 5.41) is 13.8. The minimum atomic E-state index is 0.0408. The van der Waals surface area contributed by atoms with Gasteiger partial charge in [0, 0.05) is 25.2 Å². The molecule has 1 heterocycles. The zero-order valence-corrected chi connectivity index (χ0v) is 11.2. The van der Waals surface area contributed by atoms with Gasteiger partial charge in [0.1, 0.15) is 5.82 Å². The number of rotatable bonds is 4. The van der Waals surface area contributed by atoms with Crippen LogP contribution in [0.5, 0.6) is 0 Å². The molecule has 92 valence electrons. The Morgan fingerprint density at radius 2 is 2.00 bits per heavy atom. The van der Waals surface area contributed by atoms with Crippen LogP contribution in [0.25, 0.3) is 0 Å². The molecule has 0 amide bonds. The fourth-order valence-corrected chi connectivity index (χ4v) is 1.82. The van der Waals surface area contributed by atoms with E-state index in [1.165, 1.54) is 0 Å². The van der Waals surface area contributed by atoms with Gasteiger partial charge in [-0.2, -0.15) is 5.10 Å². The molecule has 0 fully saturated rings. The number of nitrogens with zero attached hydrogens (tertiary/aromatic N) is 3. The molecule has 0 aliphatic heterocycles. The summed E-state index contributed by atoms with van der Waals surface area (Å²) in [6.07, 6.45) is 1.04. The van der Waals surface area contributed by atoms with Crippen LogP contribution in [0.2, 0.25) is 0 Å². The summed E-state index contributed by atoms with van der Waals surface area (Å²) < 4.78 is 1.85. The van der Waals surface area contributed by atoms with Crippen molar-refractivity contribution in [3.05, 3.63) is 11.3 Å². The topological polar surface area (TPSA) is 41.3 Å². The molecule has 16 heavy (non-hydrogen) atoms. The van der Waals surface area contributed by atoms with Crippen LogP contribution in [-0.4, -0.2) is 27.5 Å². The molecule has 1 aromatic rings. The molecule has 4 heteroatoms. The molecule has 0 bridgehead atoms. The zero-order chi connectivity index (χ0) is 12.5. The van der Waals surface area contributed by atoms with Crippen molar-refractivity contribution < 1.29 is 5.11 Å².